The lowest BCUT2D eigenvalue weighted by Crippen LogP contribution is -2.37. The van der Waals surface area contributed by atoms with Crippen LogP contribution in [0.15, 0.2) is 34.2 Å². The van der Waals surface area contributed by atoms with E-state index in [0.29, 0.717) is 0 Å². The Hall–Kier alpha value is -1.90. The second-order valence-electron chi connectivity index (χ2n) is 3.94. The first-order chi connectivity index (χ1) is 8.41. The monoisotopic (exact) mass is 256 g/mol. The smallest absolute Gasteiger partial charge is 0.330 e. The molecule has 0 radical (unpaired) electrons. The molecule has 1 saturated heterocycles. The van der Waals surface area contributed by atoms with Gasteiger partial charge in [-0.2, -0.15) is 0 Å². The first kappa shape index (κ1) is 12.6. The van der Waals surface area contributed by atoms with Crippen LogP contribution in [-0.2, 0) is 4.74 Å². The van der Waals surface area contributed by atoms with Crippen LogP contribution in [0.4, 0.5) is 0 Å². The molecule has 4 atom stereocenters. The third-order valence-corrected chi connectivity index (χ3v) is 2.69. The summed E-state index contributed by atoms with van der Waals surface area (Å²) in [5.74, 6) is -0.457. The molecule has 1 aliphatic heterocycles. The van der Waals surface area contributed by atoms with Crippen molar-refractivity contribution < 1.29 is 20.1 Å². The third kappa shape index (κ3) is 1.96. The lowest BCUT2D eigenvalue weighted by Gasteiger charge is -2.16. The summed E-state index contributed by atoms with van der Waals surface area (Å²) in [6.07, 6.45) is -4.11. The second-order valence-corrected chi connectivity index (χ2v) is 3.94. The van der Waals surface area contributed by atoms with Gasteiger partial charge in [0.15, 0.2) is 6.23 Å². The van der Waals surface area contributed by atoms with Crippen molar-refractivity contribution in [2.45, 2.75) is 24.5 Å². The van der Waals surface area contributed by atoms with Crippen LogP contribution in [0, 0.1) is 0 Å². The molecule has 98 valence electrons. The molecule has 8 heteroatoms. The van der Waals surface area contributed by atoms with Crippen LogP contribution in [0.5, 0.6) is 0 Å². The summed E-state index contributed by atoms with van der Waals surface area (Å²) in [5.41, 5.74) is -1.38. The fourth-order valence-electron chi connectivity index (χ4n) is 1.79. The Labute approximate surface area is 100 Å². The van der Waals surface area contributed by atoms with Crippen molar-refractivity contribution in [1.29, 1.82) is 0 Å². The summed E-state index contributed by atoms with van der Waals surface area (Å²) in [5, 5.41) is 28.5. The molecule has 18 heavy (non-hydrogen) atoms. The zero-order chi connectivity index (χ0) is 13.4. The van der Waals surface area contributed by atoms with Gasteiger partial charge in [-0.05, 0) is 0 Å². The average molecular weight is 256 g/mol. The molecule has 1 aromatic heterocycles. The molecule has 0 bridgehead atoms. The molecular weight excluding hydrogens is 244 g/mol. The molecule has 1 aliphatic rings. The SMILES string of the molecule is C=C(O)[C@H]1O[C@@H](n2ccc(=O)[nH]c2=O)[C@H](O)[C@@H]1O. The Morgan fingerprint density at radius 2 is 2.06 bits per heavy atom. The maximum atomic E-state index is 11.5. The summed E-state index contributed by atoms with van der Waals surface area (Å²) in [6.45, 7) is 3.20. The summed E-state index contributed by atoms with van der Waals surface area (Å²) in [7, 11) is 0. The number of aliphatic hydroxyl groups excluding tert-OH is 3. The van der Waals surface area contributed by atoms with Crippen LogP contribution in [-0.4, -0.2) is 43.2 Å². The van der Waals surface area contributed by atoms with Gasteiger partial charge in [0.05, 0.1) is 0 Å². The molecule has 4 N–H and O–H groups in total. The van der Waals surface area contributed by atoms with Crippen molar-refractivity contribution in [2.75, 3.05) is 0 Å². The van der Waals surface area contributed by atoms with Crippen molar-refractivity contribution in [3.63, 3.8) is 0 Å². The molecule has 0 spiro atoms. The summed E-state index contributed by atoms with van der Waals surface area (Å²) < 4.78 is 6.06. The fraction of sp³-hybridized carbons (Fsp3) is 0.400. The normalized spacial score (nSPS) is 31.4. The first-order valence-electron chi connectivity index (χ1n) is 5.12. The van der Waals surface area contributed by atoms with E-state index in [2.05, 4.69) is 6.58 Å². The van der Waals surface area contributed by atoms with Crippen molar-refractivity contribution in [3.8, 4) is 0 Å². The Balaban J connectivity index is 2.38. The summed E-state index contributed by atoms with van der Waals surface area (Å²) in [4.78, 5) is 24.4. The highest BCUT2D eigenvalue weighted by Crippen LogP contribution is 2.30. The molecular formula is C10H12N2O6. The highest BCUT2D eigenvalue weighted by Gasteiger charge is 2.45. The van der Waals surface area contributed by atoms with Gasteiger partial charge in [-0.1, -0.05) is 6.58 Å². The van der Waals surface area contributed by atoms with Crippen molar-refractivity contribution in [1.82, 2.24) is 9.55 Å². The molecule has 0 amide bonds. The van der Waals surface area contributed by atoms with Gasteiger partial charge < -0.3 is 20.1 Å². The number of nitrogens with one attached hydrogen (secondary N) is 1. The quantitative estimate of drug-likeness (QED) is 0.464. The number of nitrogens with zero attached hydrogens (tertiary/aromatic N) is 1. The van der Waals surface area contributed by atoms with E-state index in [1.807, 2.05) is 4.98 Å². The maximum absolute atomic E-state index is 11.5. The van der Waals surface area contributed by atoms with Crippen LogP contribution in [0.3, 0.4) is 0 Å². The molecule has 1 aromatic rings. The summed E-state index contributed by atoms with van der Waals surface area (Å²) >= 11 is 0. The molecule has 0 unspecified atom stereocenters. The van der Waals surface area contributed by atoms with E-state index in [1.165, 1.54) is 0 Å². The van der Waals surface area contributed by atoms with Crippen LogP contribution in [0.1, 0.15) is 6.23 Å². The Kier molecular flexibility index (Phi) is 3.07. The number of rotatable bonds is 2. The van der Waals surface area contributed by atoms with E-state index in [1.54, 1.807) is 0 Å². The minimum atomic E-state index is -1.43. The molecule has 1 fully saturated rings. The molecule has 0 aliphatic carbocycles. The Morgan fingerprint density at radius 3 is 2.56 bits per heavy atom. The Morgan fingerprint density at radius 1 is 1.39 bits per heavy atom. The predicted octanol–water partition coefficient (Wildman–Crippen LogP) is -1.77. The zero-order valence-corrected chi connectivity index (χ0v) is 9.18. The maximum Gasteiger partial charge on any atom is 0.330 e. The zero-order valence-electron chi connectivity index (χ0n) is 9.18. The average Bonchev–Trinajstić information content (AvgIpc) is 2.57. The van der Waals surface area contributed by atoms with Crippen LogP contribution in [0.2, 0.25) is 0 Å². The third-order valence-electron chi connectivity index (χ3n) is 2.69. The van der Waals surface area contributed by atoms with Gasteiger partial charge in [0.25, 0.3) is 5.56 Å². The molecule has 2 rings (SSSR count). The van der Waals surface area contributed by atoms with E-state index in [0.717, 1.165) is 16.8 Å². The largest absolute Gasteiger partial charge is 0.510 e. The lowest BCUT2D eigenvalue weighted by atomic mass is 10.1. The minimum absolute atomic E-state index is 0.457. The van der Waals surface area contributed by atoms with Crippen LogP contribution in [0.25, 0.3) is 0 Å². The summed E-state index contributed by atoms with van der Waals surface area (Å²) in [6, 6.07) is 1.07. The van der Waals surface area contributed by atoms with E-state index in [4.69, 9.17) is 4.74 Å². The molecule has 2 heterocycles. The van der Waals surface area contributed by atoms with Crippen molar-refractivity contribution >= 4 is 0 Å². The number of ether oxygens (including phenoxy) is 1. The van der Waals surface area contributed by atoms with E-state index in [-0.39, 0.29) is 0 Å². The number of hydrogen-bond donors (Lipinski definition) is 4. The van der Waals surface area contributed by atoms with E-state index >= 15 is 0 Å². The number of H-pyrrole nitrogens is 1. The first-order valence-corrected chi connectivity index (χ1v) is 5.12. The van der Waals surface area contributed by atoms with Crippen molar-refractivity contribution in [2.24, 2.45) is 0 Å². The van der Waals surface area contributed by atoms with E-state index in [9.17, 15) is 24.9 Å². The second kappa shape index (κ2) is 4.41. The van der Waals surface area contributed by atoms with Gasteiger partial charge in [0.1, 0.15) is 24.1 Å². The molecule has 8 nitrogen and oxygen atoms in total. The molecule has 0 saturated carbocycles. The fourth-order valence-corrected chi connectivity index (χ4v) is 1.79. The topological polar surface area (TPSA) is 125 Å². The number of hydrogen-bond acceptors (Lipinski definition) is 6. The van der Waals surface area contributed by atoms with Gasteiger partial charge >= 0.3 is 5.69 Å². The number of aromatic nitrogens is 2. The minimum Gasteiger partial charge on any atom is -0.510 e. The van der Waals surface area contributed by atoms with Gasteiger partial charge in [0, 0.05) is 12.3 Å². The van der Waals surface area contributed by atoms with E-state index < -0.39 is 41.5 Å². The van der Waals surface area contributed by atoms with Crippen LogP contribution >= 0.6 is 0 Å². The van der Waals surface area contributed by atoms with Gasteiger partial charge in [-0.25, -0.2) is 4.79 Å². The van der Waals surface area contributed by atoms with Gasteiger partial charge in [-0.3, -0.25) is 14.3 Å². The highest BCUT2D eigenvalue weighted by atomic mass is 16.6. The highest BCUT2D eigenvalue weighted by molar-refractivity contribution is 5.03. The lowest BCUT2D eigenvalue weighted by molar-refractivity contribution is -0.0387. The predicted molar refractivity (Wildman–Crippen MR) is 59.0 cm³/mol. The molecule has 0 aromatic carbocycles. The van der Waals surface area contributed by atoms with Crippen LogP contribution < -0.4 is 11.2 Å². The van der Waals surface area contributed by atoms with Gasteiger partial charge in [-0.15, -0.1) is 0 Å². The number of aliphatic hydroxyl groups is 3. The Bertz CT molecular complexity index is 576. The standard InChI is InChI=1S/C10H12N2O6/c1-4(13)8-6(15)7(16)9(18-8)12-3-2-5(14)11-10(12)17/h2-3,6-9,13,15-16H,1H2,(H,11,14,17)/t6-,7+,8+,9+/m0/s1. The number of aromatic amines is 1. The van der Waals surface area contributed by atoms with Crippen molar-refractivity contribution in [3.05, 3.63) is 45.4 Å². The van der Waals surface area contributed by atoms with Gasteiger partial charge in [0.2, 0.25) is 0 Å².